The predicted molar refractivity (Wildman–Crippen MR) is 105 cm³/mol. The molecule has 2 aromatic carbocycles. The van der Waals surface area contributed by atoms with Gasteiger partial charge in [-0.25, -0.2) is 0 Å². The minimum Gasteiger partial charge on any atom is -0.508 e. The van der Waals surface area contributed by atoms with Crippen molar-refractivity contribution in [2.45, 2.75) is 13.1 Å². The number of nitrogens with one attached hydrogen (secondary N) is 1. The Morgan fingerprint density at radius 2 is 1.85 bits per heavy atom. The molecule has 0 atom stereocenters. The maximum absolute atomic E-state index is 10.1. The topological polar surface area (TPSA) is 57.9 Å². The molecule has 2 N–H and O–H groups in total. The molecule has 3 rings (SSSR count). The molecule has 0 saturated heterocycles. The molecule has 0 bridgehead atoms. The van der Waals surface area contributed by atoms with E-state index in [0.717, 1.165) is 22.8 Å². The van der Waals surface area contributed by atoms with E-state index in [1.165, 1.54) is 0 Å². The molecule has 6 heteroatoms. The van der Waals surface area contributed by atoms with E-state index in [9.17, 15) is 5.11 Å². The smallest absolute Gasteiger partial charge is 0.174 e. The number of para-hydroxylation sites is 1. The van der Waals surface area contributed by atoms with Crippen molar-refractivity contribution >= 4 is 23.0 Å². The number of furan rings is 1. The lowest BCUT2D eigenvalue weighted by Crippen LogP contribution is -2.33. The Kier molecular flexibility index (Phi) is 5.76. The molecular weight excluding hydrogens is 348 g/mol. The Morgan fingerprint density at radius 3 is 2.50 bits per heavy atom. The van der Waals surface area contributed by atoms with Crippen LogP contribution in [0.25, 0.3) is 0 Å². The van der Waals surface area contributed by atoms with Crippen LogP contribution in [0, 0.1) is 0 Å². The third kappa shape index (κ3) is 4.55. The summed E-state index contributed by atoms with van der Waals surface area (Å²) in [5.74, 6) is 1.81. The first-order chi connectivity index (χ1) is 12.7. The molecule has 0 amide bonds. The fraction of sp³-hybridized carbons (Fsp3) is 0.150. The Labute approximate surface area is 157 Å². The predicted octanol–water partition coefficient (Wildman–Crippen LogP) is 4.39. The van der Waals surface area contributed by atoms with E-state index in [-0.39, 0.29) is 5.75 Å². The van der Waals surface area contributed by atoms with E-state index in [1.54, 1.807) is 25.5 Å². The largest absolute Gasteiger partial charge is 0.508 e. The Balaban J connectivity index is 1.77. The van der Waals surface area contributed by atoms with Crippen molar-refractivity contribution in [2.75, 3.05) is 12.4 Å². The van der Waals surface area contributed by atoms with Crippen LogP contribution in [0.5, 0.6) is 11.5 Å². The van der Waals surface area contributed by atoms with Crippen molar-refractivity contribution in [1.82, 2.24) is 4.90 Å². The van der Waals surface area contributed by atoms with Crippen molar-refractivity contribution in [3.8, 4) is 11.5 Å². The Morgan fingerprint density at radius 1 is 1.08 bits per heavy atom. The number of benzene rings is 2. The van der Waals surface area contributed by atoms with Crippen LogP contribution in [-0.2, 0) is 13.1 Å². The number of anilines is 1. The van der Waals surface area contributed by atoms with Gasteiger partial charge in [-0.1, -0.05) is 18.2 Å². The summed E-state index contributed by atoms with van der Waals surface area (Å²) in [4.78, 5) is 1.94. The van der Waals surface area contributed by atoms with E-state index in [1.807, 2.05) is 53.4 Å². The summed E-state index contributed by atoms with van der Waals surface area (Å²) in [7, 11) is 1.63. The van der Waals surface area contributed by atoms with Gasteiger partial charge >= 0.3 is 0 Å². The van der Waals surface area contributed by atoms with Crippen molar-refractivity contribution in [3.63, 3.8) is 0 Å². The third-order valence-corrected chi connectivity index (χ3v) is 4.27. The monoisotopic (exact) mass is 368 g/mol. The first kappa shape index (κ1) is 17.8. The lowest BCUT2D eigenvalue weighted by molar-refractivity contribution is 0.353. The molecule has 0 unspecified atom stereocenters. The lowest BCUT2D eigenvalue weighted by Gasteiger charge is -2.25. The normalized spacial score (nSPS) is 10.3. The van der Waals surface area contributed by atoms with Gasteiger partial charge in [0.1, 0.15) is 17.3 Å². The Hall–Kier alpha value is -2.99. The molecule has 1 aromatic heterocycles. The van der Waals surface area contributed by atoms with Gasteiger partial charge in [0, 0.05) is 17.8 Å². The van der Waals surface area contributed by atoms with Gasteiger partial charge in [-0.05, 0) is 54.7 Å². The first-order valence-electron chi connectivity index (χ1n) is 8.15. The molecule has 0 spiro atoms. The van der Waals surface area contributed by atoms with Crippen LogP contribution in [0.1, 0.15) is 11.3 Å². The zero-order valence-corrected chi connectivity index (χ0v) is 15.2. The van der Waals surface area contributed by atoms with Gasteiger partial charge in [-0.15, -0.1) is 0 Å². The number of phenols is 1. The van der Waals surface area contributed by atoms with Crippen LogP contribution in [0.4, 0.5) is 5.69 Å². The van der Waals surface area contributed by atoms with E-state index in [2.05, 4.69) is 5.32 Å². The quantitative estimate of drug-likeness (QED) is 0.629. The number of ether oxygens (including phenoxy) is 1. The van der Waals surface area contributed by atoms with Gasteiger partial charge in [0.2, 0.25) is 0 Å². The summed E-state index contributed by atoms with van der Waals surface area (Å²) in [5.41, 5.74) is 1.65. The minimum atomic E-state index is 0.240. The Bertz CT molecular complexity index is 848. The van der Waals surface area contributed by atoms with Crippen LogP contribution in [0.15, 0.2) is 71.3 Å². The zero-order chi connectivity index (χ0) is 18.4. The molecule has 0 aliphatic heterocycles. The summed E-state index contributed by atoms with van der Waals surface area (Å²) in [6, 6.07) is 18.5. The van der Waals surface area contributed by atoms with Crippen molar-refractivity contribution in [2.24, 2.45) is 0 Å². The highest BCUT2D eigenvalue weighted by Gasteiger charge is 2.15. The summed E-state index contributed by atoms with van der Waals surface area (Å²) >= 11 is 5.59. The second-order valence-electron chi connectivity index (χ2n) is 5.72. The minimum absolute atomic E-state index is 0.240. The number of hydrogen-bond acceptors (Lipinski definition) is 4. The van der Waals surface area contributed by atoms with Crippen LogP contribution in [0.3, 0.4) is 0 Å². The molecule has 3 aromatic rings. The number of thiocarbonyl (C=S) groups is 1. The average Bonchev–Trinajstić information content (AvgIpc) is 3.16. The molecule has 0 aliphatic rings. The highest BCUT2D eigenvalue weighted by molar-refractivity contribution is 7.80. The molecule has 26 heavy (non-hydrogen) atoms. The summed E-state index contributed by atoms with van der Waals surface area (Å²) in [6.45, 7) is 0.943. The van der Waals surface area contributed by atoms with E-state index < -0.39 is 0 Å². The average molecular weight is 368 g/mol. The second kappa shape index (κ2) is 8.40. The number of rotatable bonds is 6. The maximum Gasteiger partial charge on any atom is 0.174 e. The lowest BCUT2D eigenvalue weighted by atomic mass is 10.2. The van der Waals surface area contributed by atoms with Crippen LogP contribution in [-0.4, -0.2) is 22.2 Å². The highest BCUT2D eigenvalue weighted by Crippen LogP contribution is 2.21. The molecule has 0 saturated carbocycles. The first-order valence-corrected chi connectivity index (χ1v) is 8.56. The molecule has 134 valence electrons. The van der Waals surface area contributed by atoms with Gasteiger partial charge in [0.25, 0.3) is 0 Å². The van der Waals surface area contributed by atoms with Crippen LogP contribution >= 0.6 is 12.2 Å². The van der Waals surface area contributed by atoms with Crippen LogP contribution in [0.2, 0.25) is 0 Å². The molecule has 0 radical (unpaired) electrons. The molecule has 0 fully saturated rings. The number of aromatic hydroxyl groups is 1. The zero-order valence-electron chi connectivity index (χ0n) is 14.4. The fourth-order valence-electron chi connectivity index (χ4n) is 2.52. The summed E-state index contributed by atoms with van der Waals surface area (Å²) < 4.78 is 10.6. The number of phenolic OH excluding ortho intramolecular Hbond substituents is 1. The number of methoxy groups -OCH3 is 1. The van der Waals surface area contributed by atoms with Gasteiger partial charge in [0.05, 0.1) is 19.9 Å². The van der Waals surface area contributed by atoms with Gasteiger partial charge in [-0.3, -0.25) is 0 Å². The summed E-state index contributed by atoms with van der Waals surface area (Å²) in [5, 5.41) is 13.8. The van der Waals surface area contributed by atoms with E-state index in [4.69, 9.17) is 21.4 Å². The van der Waals surface area contributed by atoms with Gasteiger partial charge in [-0.2, -0.15) is 0 Å². The van der Waals surface area contributed by atoms with Crippen molar-refractivity contribution in [1.29, 1.82) is 0 Å². The van der Waals surface area contributed by atoms with E-state index >= 15 is 0 Å². The van der Waals surface area contributed by atoms with Gasteiger partial charge in [0.15, 0.2) is 5.11 Å². The summed E-state index contributed by atoms with van der Waals surface area (Å²) in [6.07, 6.45) is 1.63. The van der Waals surface area contributed by atoms with E-state index in [0.29, 0.717) is 18.2 Å². The highest BCUT2D eigenvalue weighted by atomic mass is 32.1. The molecule has 5 nitrogen and oxygen atoms in total. The number of hydrogen-bond donors (Lipinski definition) is 2. The fourth-order valence-corrected chi connectivity index (χ4v) is 2.76. The molecular formula is C20H20N2O3S. The van der Waals surface area contributed by atoms with Gasteiger partial charge < -0.3 is 24.5 Å². The van der Waals surface area contributed by atoms with Crippen molar-refractivity contribution < 1.29 is 14.3 Å². The SMILES string of the molecule is COc1ccc(NC(=S)N(Cc2ccco2)Cc2ccccc2O)cc1. The third-order valence-electron chi connectivity index (χ3n) is 3.91. The van der Waals surface area contributed by atoms with Crippen molar-refractivity contribution in [3.05, 3.63) is 78.3 Å². The standard InChI is InChI=1S/C20H20N2O3S/c1-24-17-10-8-16(9-11-17)21-20(26)22(14-18-6-4-12-25-18)13-15-5-2-3-7-19(15)23/h2-12,23H,13-14H2,1H3,(H,21,26). The van der Waals surface area contributed by atoms with Crippen LogP contribution < -0.4 is 10.1 Å². The second-order valence-corrected chi connectivity index (χ2v) is 6.11. The molecule has 0 aliphatic carbocycles. The molecule has 1 heterocycles. The number of nitrogens with zero attached hydrogens (tertiary/aromatic N) is 1. The maximum atomic E-state index is 10.1.